The molecule has 4 nitrogen and oxygen atoms in total. The molecular weight excluding hydrogens is 228 g/mol. The van der Waals surface area contributed by atoms with Crippen LogP contribution in [0.2, 0.25) is 0 Å². The summed E-state index contributed by atoms with van der Waals surface area (Å²) >= 11 is 0. The van der Waals surface area contributed by atoms with Crippen LogP contribution in [0.25, 0.3) is 0 Å². The van der Waals surface area contributed by atoms with Gasteiger partial charge in [-0.3, -0.25) is 4.79 Å². The van der Waals surface area contributed by atoms with Crippen molar-refractivity contribution in [3.63, 3.8) is 0 Å². The number of hydrogen-bond donors (Lipinski definition) is 2. The van der Waals surface area contributed by atoms with E-state index in [1.54, 1.807) is 6.92 Å². The molecule has 1 heterocycles. The number of hydrogen-bond acceptors (Lipinski definition) is 3. The van der Waals surface area contributed by atoms with Crippen LogP contribution >= 0.6 is 0 Å². The molecule has 0 aromatic rings. The minimum Gasteiger partial charge on any atom is -0.480 e. The van der Waals surface area contributed by atoms with E-state index in [4.69, 9.17) is 0 Å². The first-order valence-electron chi connectivity index (χ1n) is 7.10. The zero-order valence-corrected chi connectivity index (χ0v) is 12.2. The van der Waals surface area contributed by atoms with Gasteiger partial charge < -0.3 is 15.3 Å². The molecule has 1 rings (SSSR count). The molecule has 0 radical (unpaired) electrons. The van der Waals surface area contributed by atoms with Gasteiger partial charge in [0.2, 0.25) is 0 Å². The van der Waals surface area contributed by atoms with Gasteiger partial charge in [-0.2, -0.15) is 0 Å². The van der Waals surface area contributed by atoms with Gasteiger partial charge in [0, 0.05) is 6.54 Å². The van der Waals surface area contributed by atoms with Crippen LogP contribution in [0, 0.1) is 11.8 Å². The fourth-order valence-corrected chi connectivity index (χ4v) is 2.81. The van der Waals surface area contributed by atoms with E-state index < -0.39 is 11.5 Å². The number of nitrogens with one attached hydrogen (secondary N) is 1. The highest BCUT2D eigenvalue weighted by Crippen LogP contribution is 2.25. The summed E-state index contributed by atoms with van der Waals surface area (Å²) < 4.78 is 0. The first kappa shape index (κ1) is 15.4. The van der Waals surface area contributed by atoms with E-state index >= 15 is 0 Å². The van der Waals surface area contributed by atoms with Crippen molar-refractivity contribution in [2.45, 2.75) is 46.1 Å². The van der Waals surface area contributed by atoms with Gasteiger partial charge in [-0.25, -0.2) is 0 Å². The lowest BCUT2D eigenvalue weighted by molar-refractivity contribution is -0.145. The number of carboxylic acids is 1. The van der Waals surface area contributed by atoms with E-state index in [9.17, 15) is 9.90 Å². The Labute approximate surface area is 111 Å². The van der Waals surface area contributed by atoms with E-state index in [-0.39, 0.29) is 0 Å². The summed E-state index contributed by atoms with van der Waals surface area (Å²) in [4.78, 5) is 13.7. The third kappa shape index (κ3) is 3.95. The summed E-state index contributed by atoms with van der Waals surface area (Å²) in [5.74, 6) is 0.790. The Hall–Kier alpha value is -0.610. The topological polar surface area (TPSA) is 52.6 Å². The molecule has 0 bridgehead atoms. The van der Waals surface area contributed by atoms with Crippen LogP contribution < -0.4 is 5.32 Å². The standard InChI is InChI=1S/C14H28N2O2/c1-5-15-14(4,13(17)18)10-16-8-6-12(7-9-16)11(2)3/h11-12,15H,5-10H2,1-4H3,(H,17,18). The second-order valence-corrected chi connectivity index (χ2v) is 6.03. The summed E-state index contributed by atoms with van der Waals surface area (Å²) in [5, 5.41) is 12.4. The zero-order chi connectivity index (χ0) is 13.8. The molecule has 1 saturated heterocycles. The second-order valence-electron chi connectivity index (χ2n) is 6.03. The average molecular weight is 256 g/mol. The number of piperidine rings is 1. The van der Waals surface area contributed by atoms with Gasteiger partial charge in [0.05, 0.1) is 0 Å². The highest BCUT2D eigenvalue weighted by Gasteiger charge is 2.35. The van der Waals surface area contributed by atoms with Gasteiger partial charge in [-0.1, -0.05) is 20.8 Å². The van der Waals surface area contributed by atoms with E-state index in [1.807, 2.05) is 6.92 Å². The number of carbonyl (C=O) groups is 1. The molecule has 1 unspecified atom stereocenters. The van der Waals surface area contributed by atoms with Crippen molar-refractivity contribution in [2.24, 2.45) is 11.8 Å². The smallest absolute Gasteiger partial charge is 0.324 e. The van der Waals surface area contributed by atoms with Gasteiger partial charge in [-0.05, 0) is 51.2 Å². The highest BCUT2D eigenvalue weighted by molar-refractivity contribution is 5.78. The number of aliphatic carboxylic acids is 1. The van der Waals surface area contributed by atoms with Crippen LogP contribution in [0.5, 0.6) is 0 Å². The lowest BCUT2D eigenvalue weighted by Gasteiger charge is -2.38. The fourth-order valence-electron chi connectivity index (χ4n) is 2.81. The van der Waals surface area contributed by atoms with Crippen molar-refractivity contribution in [2.75, 3.05) is 26.2 Å². The number of rotatable bonds is 6. The predicted octanol–water partition coefficient (Wildman–Crippen LogP) is 1.81. The van der Waals surface area contributed by atoms with Crippen LogP contribution in [0.15, 0.2) is 0 Å². The van der Waals surface area contributed by atoms with Crippen LogP contribution in [-0.4, -0.2) is 47.7 Å². The van der Waals surface area contributed by atoms with Gasteiger partial charge in [0.15, 0.2) is 0 Å². The third-order valence-corrected chi connectivity index (χ3v) is 4.15. The minimum absolute atomic E-state index is 0.598. The van der Waals surface area contributed by atoms with Crippen molar-refractivity contribution >= 4 is 5.97 Å². The maximum atomic E-state index is 11.4. The van der Waals surface area contributed by atoms with E-state index in [2.05, 4.69) is 24.1 Å². The number of likely N-dealkylation sites (tertiary alicyclic amines) is 1. The van der Waals surface area contributed by atoms with E-state index in [1.165, 1.54) is 12.8 Å². The lowest BCUT2D eigenvalue weighted by atomic mass is 9.86. The Morgan fingerprint density at radius 1 is 1.44 bits per heavy atom. The molecule has 1 aliphatic heterocycles. The number of nitrogens with zero attached hydrogens (tertiary/aromatic N) is 1. The van der Waals surface area contributed by atoms with Gasteiger partial charge >= 0.3 is 5.97 Å². The van der Waals surface area contributed by atoms with Crippen molar-refractivity contribution in [3.8, 4) is 0 Å². The first-order chi connectivity index (χ1) is 8.39. The van der Waals surface area contributed by atoms with E-state index in [0.29, 0.717) is 13.1 Å². The highest BCUT2D eigenvalue weighted by atomic mass is 16.4. The molecule has 0 aromatic carbocycles. The molecule has 4 heteroatoms. The molecule has 1 atom stereocenters. The van der Waals surface area contributed by atoms with E-state index in [0.717, 1.165) is 24.9 Å². The van der Waals surface area contributed by atoms with Gasteiger partial charge in [0.25, 0.3) is 0 Å². The SMILES string of the molecule is CCNC(C)(CN1CCC(C(C)C)CC1)C(=O)O. The predicted molar refractivity (Wildman–Crippen MR) is 73.7 cm³/mol. The molecule has 0 amide bonds. The largest absolute Gasteiger partial charge is 0.480 e. The molecule has 1 aliphatic rings. The van der Waals surface area contributed by atoms with Crippen LogP contribution in [0.3, 0.4) is 0 Å². The summed E-state index contributed by atoms with van der Waals surface area (Å²) in [6.07, 6.45) is 2.39. The van der Waals surface area contributed by atoms with Crippen LogP contribution in [0.1, 0.15) is 40.5 Å². The Morgan fingerprint density at radius 3 is 2.39 bits per heavy atom. The molecule has 0 spiro atoms. The normalized spacial score (nSPS) is 22.1. The Kier molecular flexibility index (Phi) is 5.60. The Balaban J connectivity index is 2.50. The summed E-state index contributed by atoms with van der Waals surface area (Å²) in [6, 6.07) is 0. The van der Waals surface area contributed by atoms with Crippen molar-refractivity contribution in [1.82, 2.24) is 10.2 Å². The molecule has 0 aromatic heterocycles. The Morgan fingerprint density at radius 2 is 2.00 bits per heavy atom. The third-order valence-electron chi connectivity index (χ3n) is 4.15. The molecule has 106 valence electrons. The van der Waals surface area contributed by atoms with Crippen molar-refractivity contribution in [1.29, 1.82) is 0 Å². The fraction of sp³-hybridized carbons (Fsp3) is 0.929. The van der Waals surface area contributed by atoms with Crippen molar-refractivity contribution in [3.05, 3.63) is 0 Å². The van der Waals surface area contributed by atoms with Gasteiger partial charge in [-0.15, -0.1) is 0 Å². The molecule has 0 aliphatic carbocycles. The maximum absolute atomic E-state index is 11.4. The Bertz CT molecular complexity index is 273. The molecular formula is C14H28N2O2. The maximum Gasteiger partial charge on any atom is 0.324 e. The first-order valence-corrected chi connectivity index (χ1v) is 7.10. The summed E-state index contributed by atoms with van der Waals surface area (Å²) in [6.45, 7) is 11.6. The second kappa shape index (κ2) is 6.53. The lowest BCUT2D eigenvalue weighted by Crippen LogP contribution is -2.57. The van der Waals surface area contributed by atoms with Crippen LogP contribution in [-0.2, 0) is 4.79 Å². The van der Waals surface area contributed by atoms with Crippen LogP contribution in [0.4, 0.5) is 0 Å². The summed E-state index contributed by atoms with van der Waals surface area (Å²) in [5.41, 5.74) is -0.820. The minimum atomic E-state index is -0.820. The average Bonchev–Trinajstić information content (AvgIpc) is 2.29. The molecule has 0 saturated carbocycles. The number of carboxylic acid groups (broad SMARTS) is 1. The molecule has 18 heavy (non-hydrogen) atoms. The molecule has 1 fully saturated rings. The zero-order valence-electron chi connectivity index (χ0n) is 12.2. The summed E-state index contributed by atoms with van der Waals surface area (Å²) in [7, 11) is 0. The van der Waals surface area contributed by atoms with Crippen molar-refractivity contribution < 1.29 is 9.90 Å². The number of likely N-dealkylation sites (N-methyl/N-ethyl adjacent to an activating group) is 1. The quantitative estimate of drug-likeness (QED) is 0.761. The monoisotopic (exact) mass is 256 g/mol. The molecule has 2 N–H and O–H groups in total. The van der Waals surface area contributed by atoms with Gasteiger partial charge in [0.1, 0.15) is 5.54 Å².